The lowest BCUT2D eigenvalue weighted by Gasteiger charge is -2.31. The summed E-state index contributed by atoms with van der Waals surface area (Å²) in [5.41, 5.74) is 13.2. The van der Waals surface area contributed by atoms with Crippen LogP contribution in [0, 0.1) is 0 Å². The molecule has 0 saturated carbocycles. The van der Waals surface area contributed by atoms with Gasteiger partial charge in [0.15, 0.2) is 28.0 Å². The molecule has 0 spiro atoms. The lowest BCUT2D eigenvalue weighted by Crippen LogP contribution is -2.31. The molecule has 0 bridgehead atoms. The molecule has 6 aromatic rings. The summed E-state index contributed by atoms with van der Waals surface area (Å²) in [6.07, 6.45) is 7.21. The second kappa shape index (κ2) is 29.9. The van der Waals surface area contributed by atoms with Crippen LogP contribution in [0.5, 0.6) is 0 Å². The largest absolute Gasteiger partial charge is 0.565 e. The van der Waals surface area contributed by atoms with Crippen molar-refractivity contribution in [3.8, 4) is 0 Å². The zero-order valence-corrected chi connectivity index (χ0v) is 39.8. The van der Waals surface area contributed by atoms with Crippen LogP contribution in [-0.4, -0.2) is 39.9 Å². The summed E-state index contributed by atoms with van der Waals surface area (Å²) < 4.78 is 11.6. The van der Waals surface area contributed by atoms with Gasteiger partial charge in [-0.3, -0.25) is 9.59 Å². The molecular weight excluding hydrogens is 925 g/mol. The highest BCUT2D eigenvalue weighted by molar-refractivity contribution is 7.30. The van der Waals surface area contributed by atoms with Gasteiger partial charge < -0.3 is 20.4 Å². The van der Waals surface area contributed by atoms with Gasteiger partial charge in [0.1, 0.15) is 9.75 Å². The summed E-state index contributed by atoms with van der Waals surface area (Å²) in [7, 11) is -3.04. The van der Waals surface area contributed by atoms with Gasteiger partial charge in [0.2, 0.25) is 5.13 Å². The monoisotopic (exact) mass is 979 g/mol. The molecule has 4 aromatic carbocycles. The van der Waals surface area contributed by atoms with Crippen LogP contribution in [0.3, 0.4) is 0 Å². The molecule has 3 atom stereocenters. The van der Waals surface area contributed by atoms with E-state index in [0.29, 0.717) is 50.4 Å². The molecule has 0 aliphatic rings. The topological polar surface area (TPSA) is 187 Å². The predicted octanol–water partition coefficient (Wildman–Crippen LogP) is 14.2. The number of thiazole rings is 2. The Balaban J connectivity index is 0.000000518. The predicted molar refractivity (Wildman–Crippen MR) is 272 cm³/mol. The van der Waals surface area contributed by atoms with E-state index in [0.717, 1.165) is 59.9 Å². The summed E-state index contributed by atoms with van der Waals surface area (Å²) in [5.74, 6) is 0. The maximum atomic E-state index is 10.9. The third-order valence-electron chi connectivity index (χ3n) is 9.41. The first-order valence-corrected chi connectivity index (χ1v) is 23.2. The quantitative estimate of drug-likeness (QED) is 0.0291. The number of aldehydes is 2. The Hall–Kier alpha value is -5.48. The van der Waals surface area contributed by atoms with Gasteiger partial charge in [-0.25, -0.2) is 15.2 Å². The summed E-state index contributed by atoms with van der Waals surface area (Å²) in [6.45, 7) is 18.3. The van der Waals surface area contributed by atoms with E-state index in [4.69, 9.17) is 43.7 Å². The van der Waals surface area contributed by atoms with E-state index in [1.54, 1.807) is 0 Å². The van der Waals surface area contributed by atoms with Crippen LogP contribution in [0.15, 0.2) is 127 Å². The van der Waals surface area contributed by atoms with E-state index in [1.165, 1.54) is 22.4 Å². The number of para-hydroxylation sites is 1. The maximum absolute atomic E-state index is 10.9. The van der Waals surface area contributed by atoms with Crippen LogP contribution in [0.4, 0.5) is 27.3 Å². The van der Waals surface area contributed by atoms with Gasteiger partial charge >= 0.3 is 8.25 Å². The number of benzene rings is 4. The Morgan fingerprint density at radius 2 is 1.20 bits per heavy atom. The molecule has 18 heteroatoms. The number of halogens is 2. The number of nitrogens with zero attached hydrogens (tertiary/aromatic N) is 6. The molecule has 2 aromatic heterocycles. The van der Waals surface area contributed by atoms with Crippen molar-refractivity contribution in [1.29, 1.82) is 0 Å². The Kier molecular flexibility index (Phi) is 25.6. The molecular formula is C47H56Cl2N7O6PS2. The molecule has 3 unspecified atom stereocenters. The molecule has 0 saturated heterocycles. The van der Waals surface area contributed by atoms with E-state index < -0.39 is 8.25 Å². The summed E-state index contributed by atoms with van der Waals surface area (Å²) >= 11 is 13.5. The summed E-state index contributed by atoms with van der Waals surface area (Å²) in [4.78, 5) is 43.1. The normalized spacial score (nSPS) is 11.4. The van der Waals surface area contributed by atoms with Crippen LogP contribution in [0.2, 0.25) is 10.3 Å². The zero-order valence-electron chi connectivity index (χ0n) is 35.8. The zero-order chi connectivity index (χ0) is 47.0. The van der Waals surface area contributed by atoms with Crippen molar-refractivity contribution >= 4 is 106 Å². The van der Waals surface area contributed by atoms with Crippen LogP contribution < -0.4 is 20.4 Å². The van der Waals surface area contributed by atoms with Crippen LogP contribution in [-0.2, 0) is 22.3 Å². The number of nitrogens with two attached hydrogens (primary N) is 1. The number of carbonyl (C=O) groups excluding carboxylic acids is 2. The smallest absolute Gasteiger partial charge is 0.521 e. The number of aromatic nitrogens is 2. The summed E-state index contributed by atoms with van der Waals surface area (Å²) in [6, 6.07) is 36.6. The number of rotatable bonds is 17. The van der Waals surface area contributed by atoms with Crippen molar-refractivity contribution in [2.24, 2.45) is 10.2 Å². The third-order valence-corrected chi connectivity index (χ3v) is 12.0. The fourth-order valence-corrected chi connectivity index (χ4v) is 7.33. The van der Waals surface area contributed by atoms with E-state index in [9.17, 15) is 9.59 Å². The summed E-state index contributed by atoms with van der Waals surface area (Å²) in [5, 5.41) is 16.4. The SMILES string of the molecule is C.C=Cc1ccc(CN(c2ccc(N=Nc3nc(Cl)c(C=O)s3)cc2)C(C)CC)cc1.C=Cc1ccc(CN(c2ccccc2)C(C)CC)cc1.Nc1nc(Cl)c(C=O)s1.O=[P+]([O-])OO.[HH]. The molecule has 0 fully saturated rings. The van der Waals surface area contributed by atoms with Gasteiger partial charge in [-0.15, -0.1) is 10.2 Å². The average molecular weight is 981 g/mol. The van der Waals surface area contributed by atoms with Crippen molar-refractivity contribution in [2.45, 2.75) is 73.1 Å². The lowest BCUT2D eigenvalue weighted by molar-refractivity contribution is -0.244. The number of nitrogen functional groups attached to an aromatic ring is 1. The molecule has 0 aliphatic heterocycles. The van der Waals surface area contributed by atoms with Crippen molar-refractivity contribution in [3.05, 3.63) is 159 Å². The maximum Gasteiger partial charge on any atom is 0.521 e. The number of carbonyl (C=O) groups is 2. The lowest BCUT2D eigenvalue weighted by atomic mass is 10.1. The van der Waals surface area contributed by atoms with E-state index >= 15 is 0 Å². The van der Waals surface area contributed by atoms with Crippen molar-refractivity contribution < 1.29 is 30.4 Å². The van der Waals surface area contributed by atoms with Gasteiger partial charge in [0.05, 0.1) is 5.69 Å². The van der Waals surface area contributed by atoms with Crippen molar-refractivity contribution in [3.63, 3.8) is 0 Å². The van der Waals surface area contributed by atoms with Gasteiger partial charge in [0, 0.05) is 42.6 Å². The average Bonchev–Trinajstić information content (AvgIpc) is 3.88. The standard InChI is InChI=1S/C23H23ClN4OS.C19H23N.C4H3ClN2OS.CH4.HO4P.H2/c1-4-16(3)28(14-18-8-6-17(5-2)7-9-18)20-12-10-19(11-13-20)26-27-23-25-22(24)21(15-29)30-23;1-4-16(3)20(19-9-7-6-8-10-19)15-18-13-11-17(5-2)12-14-18;5-3-2(1-8)9-4(6)7-3;;1-4-5(2)3;/h5-13,15-16H,2,4,14H2,1,3H3;5-14,16H,2,4,15H2,1,3H3;1H,(H2,6,7);1H4;1H;1H. The second-order valence-electron chi connectivity index (χ2n) is 13.6. The van der Waals surface area contributed by atoms with Crippen molar-refractivity contribution in [1.82, 2.24) is 9.97 Å². The first-order valence-electron chi connectivity index (χ1n) is 19.8. The molecule has 0 amide bonds. The Labute approximate surface area is 402 Å². The highest BCUT2D eigenvalue weighted by Gasteiger charge is 2.15. The minimum absolute atomic E-state index is 0. The molecule has 65 heavy (non-hydrogen) atoms. The van der Waals surface area contributed by atoms with E-state index in [2.05, 4.69) is 154 Å². The first kappa shape index (κ1) is 55.7. The molecule has 346 valence electrons. The van der Waals surface area contributed by atoms with Crippen molar-refractivity contribution in [2.75, 3.05) is 15.5 Å². The molecule has 13 nitrogen and oxygen atoms in total. The van der Waals surface area contributed by atoms with Gasteiger partial charge in [0.25, 0.3) is 0 Å². The van der Waals surface area contributed by atoms with Gasteiger partial charge in [-0.1, -0.05) is 159 Å². The Morgan fingerprint density at radius 1 is 0.769 bits per heavy atom. The van der Waals surface area contributed by atoms with Gasteiger partial charge in [-0.2, -0.15) is 0 Å². The van der Waals surface area contributed by atoms with Crippen LogP contribution >= 0.6 is 54.1 Å². The van der Waals surface area contributed by atoms with E-state index in [1.807, 2.05) is 36.4 Å². The third kappa shape index (κ3) is 18.9. The number of azo groups is 1. The van der Waals surface area contributed by atoms with E-state index in [-0.39, 0.29) is 19.2 Å². The highest BCUT2D eigenvalue weighted by Crippen LogP contribution is 2.30. The Bertz CT molecular complexity index is 2410. The van der Waals surface area contributed by atoms with Gasteiger partial charge in [-0.05, 0) is 89.9 Å². The number of hydrogen-bond donors (Lipinski definition) is 2. The first-order chi connectivity index (χ1) is 30.8. The van der Waals surface area contributed by atoms with Crippen LogP contribution in [0.25, 0.3) is 12.2 Å². The molecule has 6 rings (SSSR count). The molecule has 2 heterocycles. The minimum atomic E-state index is -3.04. The number of anilines is 3. The second-order valence-corrected chi connectivity index (χ2v) is 17.0. The number of hydrogen-bond acceptors (Lipinski definition) is 15. The molecule has 0 radical (unpaired) electrons. The fourth-order valence-electron chi connectivity index (χ4n) is 5.61. The molecule has 3 N–H and O–H groups in total. The van der Waals surface area contributed by atoms with Crippen LogP contribution in [0.1, 0.15) is 91.0 Å². The highest BCUT2D eigenvalue weighted by atomic mass is 35.5. The molecule has 0 aliphatic carbocycles. The fraction of sp³-hybridized carbons (Fsp3) is 0.234. The Morgan fingerprint density at radius 3 is 1.55 bits per heavy atom. The minimum Gasteiger partial charge on any atom is -0.565 e.